The molecule has 0 spiro atoms. The topological polar surface area (TPSA) is 61.8 Å². The average molecular weight is 298 g/mol. The van der Waals surface area contributed by atoms with Gasteiger partial charge in [0.25, 0.3) is 0 Å². The summed E-state index contributed by atoms with van der Waals surface area (Å²) in [5.74, 6) is 0.284. The summed E-state index contributed by atoms with van der Waals surface area (Å²) in [4.78, 5) is 14.3. The summed E-state index contributed by atoms with van der Waals surface area (Å²) in [6.45, 7) is 8.84. The quantitative estimate of drug-likeness (QED) is 0.835. The van der Waals surface area contributed by atoms with Gasteiger partial charge in [0.15, 0.2) is 0 Å². The molecule has 1 amide bonds. The maximum Gasteiger partial charge on any atom is 0.410 e. The zero-order valence-corrected chi connectivity index (χ0v) is 13.8. The number of aliphatic hydroxyl groups excluding tert-OH is 1. The molecule has 5 nitrogen and oxygen atoms in total. The van der Waals surface area contributed by atoms with Gasteiger partial charge in [-0.3, -0.25) is 0 Å². The molecule has 2 aliphatic heterocycles. The number of aliphatic hydroxyl groups is 1. The van der Waals surface area contributed by atoms with Crippen molar-refractivity contribution in [1.82, 2.24) is 10.2 Å². The lowest BCUT2D eigenvalue weighted by Gasteiger charge is -2.40. The Labute approximate surface area is 128 Å². The highest BCUT2D eigenvalue weighted by molar-refractivity contribution is 5.69. The fraction of sp³-hybridized carbons (Fsp3) is 0.938. The molecule has 0 aliphatic carbocycles. The van der Waals surface area contributed by atoms with Crippen molar-refractivity contribution >= 4 is 6.09 Å². The van der Waals surface area contributed by atoms with Gasteiger partial charge in [0.1, 0.15) is 5.60 Å². The van der Waals surface area contributed by atoms with E-state index in [1.54, 1.807) is 0 Å². The second kappa shape index (κ2) is 6.53. The first kappa shape index (κ1) is 16.6. The molecular formula is C16H30N2O3. The number of carbonyl (C=O) groups is 1. The average Bonchev–Trinajstić information content (AvgIpc) is 2.65. The molecule has 21 heavy (non-hydrogen) atoms. The predicted octanol–water partition coefficient (Wildman–Crippen LogP) is 2.13. The van der Waals surface area contributed by atoms with Crippen LogP contribution in [0.3, 0.4) is 0 Å². The van der Waals surface area contributed by atoms with Crippen molar-refractivity contribution in [3.8, 4) is 0 Å². The fourth-order valence-electron chi connectivity index (χ4n) is 3.39. The molecule has 0 radical (unpaired) electrons. The Bertz CT molecular complexity index is 353. The maximum absolute atomic E-state index is 12.3. The Morgan fingerprint density at radius 2 is 1.90 bits per heavy atom. The Morgan fingerprint density at radius 1 is 1.33 bits per heavy atom. The van der Waals surface area contributed by atoms with Gasteiger partial charge in [-0.25, -0.2) is 4.79 Å². The van der Waals surface area contributed by atoms with Gasteiger partial charge in [-0.2, -0.15) is 0 Å². The number of piperidine rings is 1. The van der Waals surface area contributed by atoms with Gasteiger partial charge < -0.3 is 20.1 Å². The second-order valence-corrected chi connectivity index (χ2v) is 7.64. The summed E-state index contributed by atoms with van der Waals surface area (Å²) in [6.07, 6.45) is 3.99. The van der Waals surface area contributed by atoms with Gasteiger partial charge >= 0.3 is 6.09 Å². The number of amides is 1. The van der Waals surface area contributed by atoms with Gasteiger partial charge in [-0.15, -0.1) is 0 Å². The number of rotatable bonds is 4. The van der Waals surface area contributed by atoms with Crippen molar-refractivity contribution < 1.29 is 14.6 Å². The SMILES string of the molecule is CC(CO)CNC1CC2CCC(C1)N2C(=O)OC(C)(C)C. The maximum atomic E-state index is 12.3. The van der Waals surface area contributed by atoms with Crippen LogP contribution in [0, 0.1) is 5.92 Å². The summed E-state index contributed by atoms with van der Waals surface area (Å²) in [5, 5.41) is 12.6. The van der Waals surface area contributed by atoms with E-state index >= 15 is 0 Å². The molecule has 3 unspecified atom stereocenters. The first-order valence-corrected chi connectivity index (χ1v) is 8.15. The fourth-order valence-corrected chi connectivity index (χ4v) is 3.39. The standard InChI is InChI=1S/C16H30N2O3/c1-11(10-19)9-17-12-7-13-5-6-14(8-12)18(13)15(20)21-16(2,3)4/h11-14,17,19H,5-10H2,1-4H3. The normalized spacial score (nSPS) is 30.3. The van der Waals surface area contributed by atoms with Gasteiger partial charge in [-0.1, -0.05) is 6.92 Å². The molecule has 2 fully saturated rings. The molecule has 2 rings (SSSR count). The number of hydrogen-bond acceptors (Lipinski definition) is 4. The third-order valence-electron chi connectivity index (χ3n) is 4.40. The van der Waals surface area contributed by atoms with E-state index < -0.39 is 5.60 Å². The number of nitrogens with zero attached hydrogens (tertiary/aromatic N) is 1. The van der Waals surface area contributed by atoms with Crippen LogP contribution in [0.15, 0.2) is 0 Å². The van der Waals surface area contributed by atoms with E-state index in [0.717, 1.165) is 32.2 Å². The van der Waals surface area contributed by atoms with Crippen LogP contribution >= 0.6 is 0 Å². The molecule has 2 aliphatic rings. The van der Waals surface area contributed by atoms with E-state index in [9.17, 15) is 4.79 Å². The lowest BCUT2D eigenvalue weighted by molar-refractivity contribution is 0.00455. The van der Waals surface area contributed by atoms with Crippen molar-refractivity contribution in [3.63, 3.8) is 0 Å². The zero-order chi connectivity index (χ0) is 15.6. The molecule has 2 heterocycles. The van der Waals surface area contributed by atoms with E-state index in [4.69, 9.17) is 9.84 Å². The van der Waals surface area contributed by atoms with Crippen LogP contribution in [0.4, 0.5) is 4.79 Å². The minimum absolute atomic E-state index is 0.155. The number of carbonyl (C=O) groups excluding carboxylic acids is 1. The number of nitrogens with one attached hydrogen (secondary N) is 1. The first-order valence-electron chi connectivity index (χ1n) is 8.15. The van der Waals surface area contributed by atoms with Crippen molar-refractivity contribution in [2.24, 2.45) is 5.92 Å². The van der Waals surface area contributed by atoms with Crippen molar-refractivity contribution in [2.75, 3.05) is 13.2 Å². The molecule has 3 atom stereocenters. The lowest BCUT2D eigenvalue weighted by atomic mass is 9.97. The van der Waals surface area contributed by atoms with Crippen LogP contribution in [-0.2, 0) is 4.74 Å². The molecule has 2 bridgehead atoms. The Hall–Kier alpha value is -0.810. The Balaban J connectivity index is 1.88. The highest BCUT2D eigenvalue weighted by Crippen LogP contribution is 2.36. The summed E-state index contributed by atoms with van der Waals surface area (Å²) >= 11 is 0. The molecular weight excluding hydrogens is 268 g/mol. The zero-order valence-electron chi connectivity index (χ0n) is 13.8. The number of fused-ring (bicyclic) bond motifs is 2. The van der Waals surface area contributed by atoms with Crippen LogP contribution in [0.1, 0.15) is 53.4 Å². The predicted molar refractivity (Wildman–Crippen MR) is 82.2 cm³/mol. The summed E-state index contributed by atoms with van der Waals surface area (Å²) in [6, 6.07) is 1.07. The minimum atomic E-state index is -0.428. The number of hydrogen-bond donors (Lipinski definition) is 2. The summed E-state index contributed by atoms with van der Waals surface area (Å²) in [7, 11) is 0. The largest absolute Gasteiger partial charge is 0.444 e. The van der Waals surface area contributed by atoms with E-state index in [-0.39, 0.29) is 18.6 Å². The van der Waals surface area contributed by atoms with E-state index in [2.05, 4.69) is 5.32 Å². The van der Waals surface area contributed by atoms with Crippen molar-refractivity contribution in [2.45, 2.75) is 77.1 Å². The molecule has 0 aromatic heterocycles. The van der Waals surface area contributed by atoms with Crippen LogP contribution in [0.25, 0.3) is 0 Å². The van der Waals surface area contributed by atoms with Gasteiger partial charge in [0, 0.05) is 31.3 Å². The molecule has 5 heteroatoms. The molecule has 2 N–H and O–H groups in total. The molecule has 0 saturated carbocycles. The highest BCUT2D eigenvalue weighted by Gasteiger charge is 2.44. The number of ether oxygens (including phenoxy) is 1. The third kappa shape index (κ3) is 4.33. The highest BCUT2D eigenvalue weighted by atomic mass is 16.6. The first-order chi connectivity index (χ1) is 9.80. The Kier molecular flexibility index (Phi) is 5.15. The van der Waals surface area contributed by atoms with E-state index in [1.807, 2.05) is 32.6 Å². The van der Waals surface area contributed by atoms with Gasteiger partial charge in [-0.05, 0) is 52.4 Å². The summed E-state index contributed by atoms with van der Waals surface area (Å²) in [5.41, 5.74) is -0.428. The molecule has 0 aromatic rings. The second-order valence-electron chi connectivity index (χ2n) is 7.64. The lowest BCUT2D eigenvalue weighted by Crippen LogP contribution is -2.53. The minimum Gasteiger partial charge on any atom is -0.444 e. The van der Waals surface area contributed by atoms with E-state index in [1.165, 1.54) is 0 Å². The van der Waals surface area contributed by atoms with Crippen LogP contribution in [-0.4, -0.2) is 53.0 Å². The van der Waals surface area contributed by atoms with Crippen LogP contribution < -0.4 is 5.32 Å². The van der Waals surface area contributed by atoms with Gasteiger partial charge in [0.05, 0.1) is 0 Å². The van der Waals surface area contributed by atoms with Crippen LogP contribution in [0.5, 0.6) is 0 Å². The Morgan fingerprint density at radius 3 is 2.38 bits per heavy atom. The van der Waals surface area contributed by atoms with Gasteiger partial charge in [0.2, 0.25) is 0 Å². The molecule has 2 saturated heterocycles. The molecule has 0 aromatic carbocycles. The van der Waals surface area contributed by atoms with E-state index in [0.29, 0.717) is 18.1 Å². The third-order valence-corrected chi connectivity index (χ3v) is 4.40. The molecule has 122 valence electrons. The smallest absolute Gasteiger partial charge is 0.410 e. The van der Waals surface area contributed by atoms with Crippen LogP contribution in [0.2, 0.25) is 0 Å². The van der Waals surface area contributed by atoms with Crippen molar-refractivity contribution in [1.29, 1.82) is 0 Å². The van der Waals surface area contributed by atoms with Crippen molar-refractivity contribution in [3.05, 3.63) is 0 Å². The monoisotopic (exact) mass is 298 g/mol. The summed E-state index contributed by atoms with van der Waals surface area (Å²) < 4.78 is 5.54.